The Morgan fingerprint density at radius 2 is 1.83 bits per heavy atom. The van der Waals surface area contributed by atoms with E-state index in [-0.39, 0.29) is 6.61 Å². The molecule has 0 aliphatic rings. The van der Waals surface area contributed by atoms with Gasteiger partial charge in [0, 0.05) is 7.11 Å². The van der Waals surface area contributed by atoms with Gasteiger partial charge in [0.25, 0.3) is 0 Å². The Kier molecular flexibility index (Phi) is 4.90. The summed E-state index contributed by atoms with van der Waals surface area (Å²) in [4.78, 5) is 4.56. The maximum atomic E-state index is 10.3. The Bertz CT molecular complexity index is 755. The Morgan fingerprint density at radius 3 is 2.61 bits per heavy atom. The molecule has 120 valence electrons. The van der Waals surface area contributed by atoms with E-state index >= 15 is 0 Å². The summed E-state index contributed by atoms with van der Waals surface area (Å²) >= 11 is 0. The molecule has 1 heterocycles. The van der Waals surface area contributed by atoms with Crippen molar-refractivity contribution in [1.29, 1.82) is 0 Å². The fraction of sp³-hybridized carbons (Fsp3) is 0.278. The molecular formula is C18H20N2O3. The largest absolute Gasteiger partial charge is 0.491 e. The summed E-state index contributed by atoms with van der Waals surface area (Å²) in [7, 11) is 1.64. The van der Waals surface area contributed by atoms with E-state index in [1.54, 1.807) is 7.11 Å². The van der Waals surface area contributed by atoms with Crippen LogP contribution < -0.4 is 4.74 Å². The molecule has 0 saturated heterocycles. The van der Waals surface area contributed by atoms with Crippen molar-refractivity contribution in [2.24, 2.45) is 0 Å². The molecule has 0 aliphatic heterocycles. The second-order valence-electron chi connectivity index (χ2n) is 5.34. The van der Waals surface area contributed by atoms with Gasteiger partial charge >= 0.3 is 0 Å². The van der Waals surface area contributed by atoms with Gasteiger partial charge in [0.05, 0.1) is 17.6 Å². The average molecular weight is 312 g/mol. The molecule has 5 heteroatoms. The topological polar surface area (TPSA) is 56.5 Å². The maximum absolute atomic E-state index is 10.3. The summed E-state index contributed by atoms with van der Waals surface area (Å²) < 4.78 is 12.8. The Labute approximate surface area is 135 Å². The number of rotatable bonds is 7. The Hall–Kier alpha value is -2.37. The van der Waals surface area contributed by atoms with Crippen LogP contribution in [0.1, 0.15) is 5.82 Å². The minimum Gasteiger partial charge on any atom is -0.491 e. The first-order valence-electron chi connectivity index (χ1n) is 7.57. The minimum atomic E-state index is -0.636. The normalized spacial score (nSPS) is 12.4. The van der Waals surface area contributed by atoms with E-state index in [0.29, 0.717) is 13.2 Å². The molecule has 2 aromatic carbocycles. The SMILES string of the molecule is COCc1nc2ccccc2n1CC(O)COc1ccccc1. The van der Waals surface area contributed by atoms with Crippen molar-refractivity contribution >= 4 is 11.0 Å². The number of hydrogen-bond acceptors (Lipinski definition) is 4. The van der Waals surface area contributed by atoms with Crippen molar-refractivity contribution in [3.8, 4) is 5.75 Å². The zero-order valence-corrected chi connectivity index (χ0v) is 13.1. The van der Waals surface area contributed by atoms with Crippen molar-refractivity contribution < 1.29 is 14.6 Å². The van der Waals surface area contributed by atoms with Crippen LogP contribution >= 0.6 is 0 Å². The summed E-state index contributed by atoms with van der Waals surface area (Å²) in [5, 5.41) is 10.3. The second-order valence-corrected chi connectivity index (χ2v) is 5.34. The zero-order chi connectivity index (χ0) is 16.1. The first-order valence-corrected chi connectivity index (χ1v) is 7.57. The van der Waals surface area contributed by atoms with E-state index in [2.05, 4.69) is 4.98 Å². The van der Waals surface area contributed by atoms with Crippen LogP contribution in [0.5, 0.6) is 5.75 Å². The van der Waals surface area contributed by atoms with E-state index in [1.807, 2.05) is 59.2 Å². The van der Waals surface area contributed by atoms with Gasteiger partial charge in [-0.2, -0.15) is 0 Å². The van der Waals surface area contributed by atoms with Crippen molar-refractivity contribution in [3.63, 3.8) is 0 Å². The van der Waals surface area contributed by atoms with Crippen molar-refractivity contribution in [1.82, 2.24) is 9.55 Å². The maximum Gasteiger partial charge on any atom is 0.136 e. The summed E-state index contributed by atoms with van der Waals surface area (Å²) in [5.41, 5.74) is 1.88. The van der Waals surface area contributed by atoms with Crippen LogP contribution in [0.25, 0.3) is 11.0 Å². The highest BCUT2D eigenvalue weighted by Gasteiger charge is 2.14. The van der Waals surface area contributed by atoms with Crippen molar-refractivity contribution in [3.05, 3.63) is 60.4 Å². The van der Waals surface area contributed by atoms with E-state index in [9.17, 15) is 5.11 Å². The van der Waals surface area contributed by atoms with Crippen molar-refractivity contribution in [2.45, 2.75) is 19.3 Å². The number of nitrogens with zero attached hydrogens (tertiary/aromatic N) is 2. The Balaban J connectivity index is 1.73. The van der Waals surface area contributed by atoms with E-state index in [1.165, 1.54) is 0 Å². The lowest BCUT2D eigenvalue weighted by Gasteiger charge is -2.15. The van der Waals surface area contributed by atoms with Crippen LogP contribution in [-0.4, -0.2) is 34.5 Å². The first kappa shape index (κ1) is 15.5. The summed E-state index contributed by atoms with van der Waals surface area (Å²) in [5.74, 6) is 1.55. The number of fused-ring (bicyclic) bond motifs is 1. The van der Waals surface area contributed by atoms with Crippen LogP contribution in [0, 0.1) is 0 Å². The number of aliphatic hydroxyl groups excluding tert-OH is 1. The second kappa shape index (κ2) is 7.26. The average Bonchev–Trinajstić information content (AvgIpc) is 2.92. The third kappa shape index (κ3) is 3.70. The number of aliphatic hydroxyl groups is 1. The summed E-state index contributed by atoms with van der Waals surface area (Å²) in [6, 6.07) is 17.3. The minimum absolute atomic E-state index is 0.225. The predicted octanol–water partition coefficient (Wildman–Crippen LogP) is 2.62. The molecular weight excluding hydrogens is 292 g/mol. The van der Waals surface area contributed by atoms with Crippen LogP contribution in [0.3, 0.4) is 0 Å². The van der Waals surface area contributed by atoms with Crippen LogP contribution in [0.4, 0.5) is 0 Å². The molecule has 1 unspecified atom stereocenters. The molecule has 3 rings (SSSR count). The fourth-order valence-electron chi connectivity index (χ4n) is 2.54. The predicted molar refractivity (Wildman–Crippen MR) is 88.4 cm³/mol. The van der Waals surface area contributed by atoms with Gasteiger partial charge in [-0.25, -0.2) is 4.98 Å². The van der Waals surface area contributed by atoms with Crippen LogP contribution in [0.15, 0.2) is 54.6 Å². The highest BCUT2D eigenvalue weighted by Crippen LogP contribution is 2.17. The Morgan fingerprint density at radius 1 is 1.09 bits per heavy atom. The molecule has 1 aromatic heterocycles. The number of hydrogen-bond donors (Lipinski definition) is 1. The first-order chi connectivity index (χ1) is 11.3. The summed E-state index contributed by atoms with van der Waals surface area (Å²) in [6.07, 6.45) is -0.636. The molecule has 0 spiro atoms. The number of ether oxygens (including phenoxy) is 2. The lowest BCUT2D eigenvalue weighted by molar-refractivity contribution is 0.0901. The van der Waals surface area contributed by atoms with Gasteiger partial charge in [0.1, 0.15) is 30.9 Å². The molecule has 1 N–H and O–H groups in total. The molecule has 0 bridgehead atoms. The molecule has 0 amide bonds. The van der Waals surface area contributed by atoms with Gasteiger partial charge in [-0.15, -0.1) is 0 Å². The lowest BCUT2D eigenvalue weighted by Crippen LogP contribution is -2.24. The van der Waals surface area contributed by atoms with Gasteiger partial charge in [-0.1, -0.05) is 30.3 Å². The van der Waals surface area contributed by atoms with Gasteiger partial charge in [0.2, 0.25) is 0 Å². The molecule has 5 nitrogen and oxygen atoms in total. The monoisotopic (exact) mass is 312 g/mol. The van der Waals surface area contributed by atoms with Gasteiger partial charge in [-0.3, -0.25) is 0 Å². The molecule has 0 saturated carbocycles. The van der Waals surface area contributed by atoms with Gasteiger partial charge in [-0.05, 0) is 24.3 Å². The molecule has 3 aromatic rings. The third-order valence-corrected chi connectivity index (χ3v) is 3.59. The number of benzene rings is 2. The number of imidazole rings is 1. The highest BCUT2D eigenvalue weighted by atomic mass is 16.5. The fourth-order valence-corrected chi connectivity index (χ4v) is 2.54. The third-order valence-electron chi connectivity index (χ3n) is 3.59. The highest BCUT2D eigenvalue weighted by molar-refractivity contribution is 5.75. The van der Waals surface area contributed by atoms with Crippen LogP contribution in [-0.2, 0) is 17.9 Å². The summed E-state index contributed by atoms with van der Waals surface area (Å²) in [6.45, 7) is 1.04. The van der Waals surface area contributed by atoms with E-state index < -0.39 is 6.10 Å². The molecule has 1 atom stereocenters. The van der Waals surface area contributed by atoms with E-state index in [4.69, 9.17) is 9.47 Å². The lowest BCUT2D eigenvalue weighted by atomic mass is 10.3. The van der Waals surface area contributed by atoms with Crippen molar-refractivity contribution in [2.75, 3.05) is 13.7 Å². The molecule has 0 aliphatic carbocycles. The standard InChI is InChI=1S/C18H20N2O3/c1-22-13-18-19-16-9-5-6-10-17(16)20(18)11-14(21)12-23-15-7-3-2-4-8-15/h2-10,14,21H,11-13H2,1H3. The quantitative estimate of drug-likeness (QED) is 0.728. The van der Waals surface area contributed by atoms with E-state index in [0.717, 1.165) is 22.6 Å². The number of para-hydroxylation sites is 3. The van der Waals surface area contributed by atoms with Crippen LogP contribution in [0.2, 0.25) is 0 Å². The zero-order valence-electron chi connectivity index (χ0n) is 13.1. The molecule has 0 fully saturated rings. The number of methoxy groups -OCH3 is 1. The molecule has 0 radical (unpaired) electrons. The number of aromatic nitrogens is 2. The molecule has 23 heavy (non-hydrogen) atoms. The smallest absolute Gasteiger partial charge is 0.136 e. The van der Waals surface area contributed by atoms with Gasteiger partial charge < -0.3 is 19.1 Å². The van der Waals surface area contributed by atoms with Gasteiger partial charge in [0.15, 0.2) is 0 Å².